The molecule has 6 nitrogen and oxygen atoms in total. The number of nitrogens with one attached hydrogen (secondary N) is 1. The van der Waals surface area contributed by atoms with Crippen molar-refractivity contribution in [3.8, 4) is 0 Å². The fourth-order valence-corrected chi connectivity index (χ4v) is 2.58. The molecule has 132 valence electrons. The Morgan fingerprint density at radius 1 is 1.00 bits per heavy atom. The average molecular weight is 359 g/mol. The monoisotopic (exact) mass is 359 g/mol. The third-order valence-electron chi connectivity index (χ3n) is 3.79. The van der Waals surface area contributed by atoms with E-state index < -0.39 is 10.0 Å². The Kier molecular flexibility index (Phi) is 5.58. The van der Waals surface area contributed by atoms with Crippen LogP contribution in [0.15, 0.2) is 53.6 Å². The summed E-state index contributed by atoms with van der Waals surface area (Å²) in [5, 5.41) is 4.11. The van der Waals surface area contributed by atoms with Gasteiger partial charge in [-0.15, -0.1) is 0 Å². The summed E-state index contributed by atoms with van der Waals surface area (Å²) >= 11 is 0. The van der Waals surface area contributed by atoms with Crippen molar-refractivity contribution in [1.29, 1.82) is 0 Å². The van der Waals surface area contributed by atoms with Gasteiger partial charge in [-0.2, -0.15) is 5.10 Å². The van der Waals surface area contributed by atoms with Crippen LogP contribution >= 0.6 is 0 Å². The summed E-state index contributed by atoms with van der Waals surface area (Å²) in [4.78, 5) is 12.2. The van der Waals surface area contributed by atoms with Gasteiger partial charge < -0.3 is 0 Å². The Morgan fingerprint density at radius 2 is 1.52 bits per heavy atom. The van der Waals surface area contributed by atoms with E-state index in [0.29, 0.717) is 17.0 Å². The molecular formula is C18H21N3O3S. The molecule has 0 unspecified atom stereocenters. The van der Waals surface area contributed by atoms with Gasteiger partial charge in [0.1, 0.15) is 0 Å². The fraction of sp³-hybridized carbons (Fsp3) is 0.222. The van der Waals surface area contributed by atoms with E-state index in [0.717, 1.165) is 21.7 Å². The standard InChI is InChI=1S/C18H21N3O3S/c1-13-5-7-15(8-6-13)14(2)19-20-18(22)16-9-11-17(12-10-16)21(3)25(4,23)24/h5-12H,1-4H3,(H,20,22)/b19-14-. The normalized spacial score (nSPS) is 11.9. The van der Waals surface area contributed by atoms with Crippen LogP contribution in [0.25, 0.3) is 0 Å². The molecule has 0 aliphatic rings. The third-order valence-corrected chi connectivity index (χ3v) is 4.99. The van der Waals surface area contributed by atoms with E-state index in [1.165, 1.54) is 7.05 Å². The van der Waals surface area contributed by atoms with Crippen LogP contribution in [-0.2, 0) is 10.0 Å². The van der Waals surface area contributed by atoms with Gasteiger partial charge in [0.15, 0.2) is 0 Å². The molecule has 0 aliphatic heterocycles. The first-order valence-corrected chi connectivity index (χ1v) is 9.49. The van der Waals surface area contributed by atoms with Gasteiger partial charge in [-0.1, -0.05) is 29.8 Å². The Bertz CT molecular complexity index is 886. The fourth-order valence-electron chi connectivity index (χ4n) is 2.07. The number of benzene rings is 2. The summed E-state index contributed by atoms with van der Waals surface area (Å²) in [6.45, 7) is 3.82. The minimum atomic E-state index is -3.33. The first kappa shape index (κ1) is 18.7. The van der Waals surface area contributed by atoms with Gasteiger partial charge in [0.25, 0.3) is 5.91 Å². The highest BCUT2D eigenvalue weighted by Crippen LogP contribution is 2.16. The maximum atomic E-state index is 12.2. The third kappa shape index (κ3) is 4.90. The van der Waals surface area contributed by atoms with Crippen molar-refractivity contribution in [3.05, 3.63) is 65.2 Å². The number of nitrogens with zero attached hydrogens (tertiary/aromatic N) is 2. The number of carbonyl (C=O) groups is 1. The Hall–Kier alpha value is -2.67. The van der Waals surface area contributed by atoms with Gasteiger partial charge in [0.05, 0.1) is 17.7 Å². The summed E-state index contributed by atoms with van der Waals surface area (Å²) < 4.78 is 24.2. The summed E-state index contributed by atoms with van der Waals surface area (Å²) in [5.41, 5.74) is 6.16. The Morgan fingerprint density at radius 3 is 2.04 bits per heavy atom. The maximum absolute atomic E-state index is 12.2. The lowest BCUT2D eigenvalue weighted by atomic mass is 10.1. The Labute approximate surface area is 148 Å². The number of aryl methyl sites for hydroxylation is 1. The summed E-state index contributed by atoms with van der Waals surface area (Å²) in [6.07, 6.45) is 1.12. The van der Waals surface area contributed by atoms with Crippen molar-refractivity contribution >= 4 is 27.3 Å². The second-order valence-electron chi connectivity index (χ2n) is 5.78. The summed E-state index contributed by atoms with van der Waals surface area (Å²) in [5.74, 6) is -0.361. The molecule has 0 saturated heterocycles. The van der Waals surface area contributed by atoms with Crippen LogP contribution in [0.5, 0.6) is 0 Å². The quantitative estimate of drug-likeness (QED) is 0.658. The van der Waals surface area contributed by atoms with E-state index in [1.807, 2.05) is 38.1 Å². The van der Waals surface area contributed by atoms with Crippen LogP contribution in [0, 0.1) is 6.92 Å². The molecule has 0 bridgehead atoms. The van der Waals surface area contributed by atoms with Gasteiger partial charge >= 0.3 is 0 Å². The molecule has 25 heavy (non-hydrogen) atoms. The highest BCUT2D eigenvalue weighted by Gasteiger charge is 2.12. The van der Waals surface area contributed by atoms with Gasteiger partial charge in [-0.3, -0.25) is 9.10 Å². The van der Waals surface area contributed by atoms with Crippen LogP contribution in [0.1, 0.15) is 28.4 Å². The SMILES string of the molecule is C/C(=N/NC(=O)c1ccc(N(C)S(C)(=O)=O)cc1)c1ccc(C)cc1. The number of anilines is 1. The predicted molar refractivity (Wildman–Crippen MR) is 101 cm³/mol. The molecule has 2 aromatic carbocycles. The molecule has 2 rings (SSSR count). The number of hydrazone groups is 1. The first-order valence-electron chi connectivity index (χ1n) is 7.64. The summed E-state index contributed by atoms with van der Waals surface area (Å²) in [7, 11) is -1.88. The lowest BCUT2D eigenvalue weighted by Crippen LogP contribution is -2.25. The average Bonchev–Trinajstić information content (AvgIpc) is 2.58. The molecule has 0 radical (unpaired) electrons. The molecule has 1 N–H and O–H groups in total. The highest BCUT2D eigenvalue weighted by molar-refractivity contribution is 7.92. The molecule has 0 saturated carbocycles. The molecule has 0 atom stereocenters. The number of rotatable bonds is 5. The van der Waals surface area contributed by atoms with Gasteiger partial charge in [-0.25, -0.2) is 13.8 Å². The molecule has 1 amide bonds. The predicted octanol–water partition coefficient (Wildman–Crippen LogP) is 2.54. The van der Waals surface area contributed by atoms with Gasteiger partial charge in [0.2, 0.25) is 10.0 Å². The van der Waals surface area contributed by atoms with Crippen LogP contribution in [0.4, 0.5) is 5.69 Å². The van der Waals surface area contributed by atoms with Crippen molar-refractivity contribution in [3.63, 3.8) is 0 Å². The number of hydrogen-bond donors (Lipinski definition) is 1. The van der Waals surface area contributed by atoms with Crippen LogP contribution in [0.3, 0.4) is 0 Å². The van der Waals surface area contributed by atoms with E-state index in [9.17, 15) is 13.2 Å². The highest BCUT2D eigenvalue weighted by atomic mass is 32.2. The van der Waals surface area contributed by atoms with Crippen LogP contribution in [0.2, 0.25) is 0 Å². The second-order valence-corrected chi connectivity index (χ2v) is 7.80. The second kappa shape index (κ2) is 7.48. The zero-order valence-electron chi connectivity index (χ0n) is 14.6. The van der Waals surface area contributed by atoms with Gasteiger partial charge in [-0.05, 0) is 43.7 Å². The zero-order valence-corrected chi connectivity index (χ0v) is 15.5. The van der Waals surface area contributed by atoms with Crippen molar-refractivity contribution in [2.75, 3.05) is 17.6 Å². The van der Waals surface area contributed by atoms with Crippen LogP contribution in [-0.4, -0.2) is 33.3 Å². The van der Waals surface area contributed by atoms with Gasteiger partial charge in [0, 0.05) is 12.6 Å². The minimum absolute atomic E-state index is 0.361. The lowest BCUT2D eigenvalue weighted by Gasteiger charge is -2.16. The molecule has 0 heterocycles. The molecular weight excluding hydrogens is 338 g/mol. The topological polar surface area (TPSA) is 78.8 Å². The number of hydrogen-bond acceptors (Lipinski definition) is 4. The molecule has 2 aromatic rings. The molecule has 7 heteroatoms. The molecule has 0 aromatic heterocycles. The van der Waals surface area contributed by atoms with E-state index in [-0.39, 0.29) is 5.91 Å². The molecule has 0 fully saturated rings. The van der Waals surface area contributed by atoms with Crippen molar-refractivity contribution < 1.29 is 13.2 Å². The largest absolute Gasteiger partial charge is 0.274 e. The number of sulfonamides is 1. The molecule has 0 aliphatic carbocycles. The first-order chi connectivity index (χ1) is 11.7. The minimum Gasteiger partial charge on any atom is -0.274 e. The van der Waals surface area contributed by atoms with Crippen molar-refractivity contribution in [1.82, 2.24) is 5.43 Å². The van der Waals surface area contributed by atoms with Crippen molar-refractivity contribution in [2.45, 2.75) is 13.8 Å². The summed E-state index contributed by atoms with van der Waals surface area (Å²) in [6, 6.07) is 14.1. The Balaban J connectivity index is 2.08. The zero-order chi connectivity index (χ0) is 18.6. The smallest absolute Gasteiger partial charge is 0.271 e. The lowest BCUT2D eigenvalue weighted by molar-refractivity contribution is 0.0955. The van der Waals surface area contributed by atoms with Crippen molar-refractivity contribution in [2.24, 2.45) is 5.10 Å². The van der Waals surface area contributed by atoms with E-state index >= 15 is 0 Å². The van der Waals surface area contributed by atoms with E-state index in [4.69, 9.17) is 0 Å². The molecule has 0 spiro atoms. The number of amides is 1. The number of carbonyl (C=O) groups excluding carboxylic acids is 1. The maximum Gasteiger partial charge on any atom is 0.271 e. The van der Waals surface area contributed by atoms with E-state index in [2.05, 4.69) is 10.5 Å². The van der Waals surface area contributed by atoms with E-state index in [1.54, 1.807) is 24.3 Å². The van der Waals surface area contributed by atoms with Crippen LogP contribution < -0.4 is 9.73 Å².